The molecule has 2 nitrogen and oxygen atoms in total. The van der Waals surface area contributed by atoms with Crippen molar-refractivity contribution in [1.29, 1.82) is 0 Å². The van der Waals surface area contributed by atoms with Gasteiger partial charge in [-0.15, -0.1) is 0 Å². The number of aromatic nitrogens is 1. The first-order valence-electron chi connectivity index (χ1n) is 4.62. The van der Waals surface area contributed by atoms with Gasteiger partial charge in [0, 0.05) is 0 Å². The Kier molecular flexibility index (Phi) is 2.04. The van der Waals surface area contributed by atoms with Crippen LogP contribution in [-0.2, 0) is 0 Å². The summed E-state index contributed by atoms with van der Waals surface area (Å²) in [6.07, 6.45) is 2.17. The number of rotatable bonds is 0. The molecule has 1 aliphatic rings. The number of pyridine rings is 1. The first kappa shape index (κ1) is 9.53. The minimum absolute atomic E-state index is 0.00735. The summed E-state index contributed by atoms with van der Waals surface area (Å²) in [4.78, 5) is 4.29. The maximum Gasteiger partial charge on any atom is 0.129 e. The van der Waals surface area contributed by atoms with Gasteiger partial charge in [0.2, 0.25) is 0 Å². The number of halogens is 1. The van der Waals surface area contributed by atoms with Gasteiger partial charge in [0.05, 0.1) is 16.9 Å². The standard InChI is InChI=1S/C11H13ClN2/c1-7-6-11(2,3)14-8-4-5-9(12)13-10(7)8/h4-6,14H,1-3H3. The van der Waals surface area contributed by atoms with E-state index < -0.39 is 0 Å². The van der Waals surface area contributed by atoms with Crippen LogP contribution in [0, 0.1) is 0 Å². The van der Waals surface area contributed by atoms with E-state index in [1.54, 1.807) is 0 Å². The Hall–Kier alpha value is -1.02. The maximum absolute atomic E-state index is 5.85. The molecule has 0 aromatic carbocycles. The Morgan fingerprint density at radius 2 is 2.07 bits per heavy atom. The van der Waals surface area contributed by atoms with Crippen LogP contribution in [0.3, 0.4) is 0 Å². The number of nitrogens with zero attached hydrogens (tertiary/aromatic N) is 1. The highest BCUT2D eigenvalue weighted by atomic mass is 35.5. The van der Waals surface area contributed by atoms with E-state index in [1.165, 1.54) is 5.57 Å². The fourth-order valence-electron chi connectivity index (χ4n) is 1.83. The molecule has 1 aromatic heterocycles. The van der Waals surface area contributed by atoms with Gasteiger partial charge in [-0.1, -0.05) is 17.7 Å². The Balaban J connectivity index is 2.56. The average Bonchev–Trinajstić information content (AvgIpc) is 2.05. The summed E-state index contributed by atoms with van der Waals surface area (Å²) in [6.45, 7) is 6.33. The van der Waals surface area contributed by atoms with Crippen molar-refractivity contribution in [3.05, 3.63) is 29.1 Å². The molecule has 14 heavy (non-hydrogen) atoms. The Labute approximate surface area is 89.0 Å². The smallest absolute Gasteiger partial charge is 0.129 e. The number of hydrogen-bond donors (Lipinski definition) is 1. The summed E-state index contributed by atoms with van der Waals surface area (Å²) in [6, 6.07) is 3.78. The van der Waals surface area contributed by atoms with Gasteiger partial charge in [0.15, 0.2) is 0 Å². The van der Waals surface area contributed by atoms with Gasteiger partial charge in [-0.25, -0.2) is 4.98 Å². The fraction of sp³-hybridized carbons (Fsp3) is 0.364. The highest BCUT2D eigenvalue weighted by Gasteiger charge is 2.23. The second kappa shape index (κ2) is 2.99. The van der Waals surface area contributed by atoms with Gasteiger partial charge in [0.25, 0.3) is 0 Å². The molecule has 0 saturated heterocycles. The lowest BCUT2D eigenvalue weighted by atomic mass is 9.94. The number of hydrogen-bond acceptors (Lipinski definition) is 2. The summed E-state index contributed by atoms with van der Waals surface area (Å²) in [5.41, 5.74) is 3.18. The van der Waals surface area contributed by atoms with Crippen LogP contribution in [0.25, 0.3) is 5.57 Å². The van der Waals surface area contributed by atoms with Gasteiger partial charge < -0.3 is 5.32 Å². The molecule has 2 heterocycles. The molecule has 74 valence electrons. The van der Waals surface area contributed by atoms with Gasteiger partial charge in [-0.3, -0.25) is 0 Å². The van der Waals surface area contributed by atoms with Crippen LogP contribution in [0.5, 0.6) is 0 Å². The Bertz CT molecular complexity index is 408. The van der Waals surface area contributed by atoms with Crippen LogP contribution in [0.15, 0.2) is 18.2 Å². The third-order valence-electron chi connectivity index (χ3n) is 2.27. The van der Waals surface area contributed by atoms with Crippen molar-refractivity contribution in [2.24, 2.45) is 0 Å². The quantitative estimate of drug-likeness (QED) is 0.662. The van der Waals surface area contributed by atoms with Crippen LogP contribution in [0.4, 0.5) is 5.69 Å². The zero-order chi connectivity index (χ0) is 10.3. The van der Waals surface area contributed by atoms with Crippen molar-refractivity contribution in [2.45, 2.75) is 26.3 Å². The highest BCUT2D eigenvalue weighted by Crippen LogP contribution is 2.32. The molecular weight excluding hydrogens is 196 g/mol. The van der Waals surface area contributed by atoms with Gasteiger partial charge in [-0.05, 0) is 38.5 Å². The second-order valence-electron chi connectivity index (χ2n) is 4.20. The Morgan fingerprint density at radius 1 is 1.36 bits per heavy atom. The summed E-state index contributed by atoms with van der Waals surface area (Å²) in [5, 5.41) is 3.94. The molecule has 1 aliphatic heterocycles. The summed E-state index contributed by atoms with van der Waals surface area (Å²) < 4.78 is 0. The highest BCUT2D eigenvalue weighted by molar-refractivity contribution is 6.29. The number of fused-ring (bicyclic) bond motifs is 1. The number of anilines is 1. The Morgan fingerprint density at radius 3 is 2.79 bits per heavy atom. The third kappa shape index (κ3) is 1.62. The van der Waals surface area contributed by atoms with E-state index in [2.05, 4.69) is 37.1 Å². The third-order valence-corrected chi connectivity index (χ3v) is 2.48. The predicted octanol–water partition coefficient (Wildman–Crippen LogP) is 3.34. The van der Waals surface area contributed by atoms with Crippen LogP contribution in [0.2, 0.25) is 5.15 Å². The van der Waals surface area contributed by atoms with Crippen molar-refractivity contribution >= 4 is 22.9 Å². The molecule has 0 bridgehead atoms. The molecule has 0 saturated carbocycles. The zero-order valence-electron chi connectivity index (χ0n) is 8.56. The lowest BCUT2D eigenvalue weighted by Gasteiger charge is -2.30. The van der Waals surface area contributed by atoms with Crippen LogP contribution in [0.1, 0.15) is 26.5 Å². The van der Waals surface area contributed by atoms with Crippen LogP contribution < -0.4 is 5.32 Å². The first-order chi connectivity index (χ1) is 6.48. The molecule has 3 heteroatoms. The van der Waals surface area contributed by atoms with E-state index in [0.717, 1.165) is 11.4 Å². The molecule has 2 rings (SSSR count). The molecule has 0 spiro atoms. The van der Waals surface area contributed by atoms with E-state index in [0.29, 0.717) is 5.15 Å². The molecule has 1 N–H and O–H groups in total. The predicted molar refractivity (Wildman–Crippen MR) is 60.6 cm³/mol. The van der Waals surface area contributed by atoms with Crippen LogP contribution >= 0.6 is 11.6 Å². The SMILES string of the molecule is CC1=CC(C)(C)Nc2ccc(Cl)nc21. The maximum atomic E-state index is 5.85. The molecule has 0 unspecified atom stereocenters. The minimum atomic E-state index is -0.00735. The van der Waals surface area contributed by atoms with Crippen LogP contribution in [-0.4, -0.2) is 10.5 Å². The molecule has 0 atom stereocenters. The summed E-state index contributed by atoms with van der Waals surface area (Å²) in [5.74, 6) is 0. The summed E-state index contributed by atoms with van der Waals surface area (Å²) in [7, 11) is 0. The minimum Gasteiger partial charge on any atom is -0.375 e. The van der Waals surface area contributed by atoms with Crippen molar-refractivity contribution < 1.29 is 0 Å². The second-order valence-corrected chi connectivity index (χ2v) is 4.59. The van der Waals surface area contributed by atoms with E-state index in [-0.39, 0.29) is 5.54 Å². The number of allylic oxidation sites excluding steroid dienone is 1. The topological polar surface area (TPSA) is 24.9 Å². The van der Waals surface area contributed by atoms with Crippen molar-refractivity contribution in [1.82, 2.24) is 4.98 Å². The van der Waals surface area contributed by atoms with E-state index in [1.807, 2.05) is 12.1 Å². The zero-order valence-corrected chi connectivity index (χ0v) is 9.31. The summed E-state index contributed by atoms with van der Waals surface area (Å²) >= 11 is 5.85. The lowest BCUT2D eigenvalue weighted by molar-refractivity contribution is 0.705. The molecule has 0 radical (unpaired) electrons. The van der Waals surface area contributed by atoms with Gasteiger partial charge >= 0.3 is 0 Å². The first-order valence-corrected chi connectivity index (χ1v) is 5.00. The fourth-order valence-corrected chi connectivity index (χ4v) is 1.98. The molecule has 0 aliphatic carbocycles. The van der Waals surface area contributed by atoms with E-state index in [9.17, 15) is 0 Å². The van der Waals surface area contributed by atoms with Gasteiger partial charge in [-0.2, -0.15) is 0 Å². The molecule has 0 fully saturated rings. The molecule has 1 aromatic rings. The van der Waals surface area contributed by atoms with Crippen molar-refractivity contribution in [2.75, 3.05) is 5.32 Å². The van der Waals surface area contributed by atoms with E-state index in [4.69, 9.17) is 11.6 Å². The average molecular weight is 209 g/mol. The lowest BCUT2D eigenvalue weighted by Crippen LogP contribution is -2.31. The van der Waals surface area contributed by atoms with Gasteiger partial charge in [0.1, 0.15) is 5.15 Å². The van der Waals surface area contributed by atoms with Crippen molar-refractivity contribution in [3.63, 3.8) is 0 Å². The molecular formula is C11H13ClN2. The normalized spacial score (nSPS) is 18.1. The van der Waals surface area contributed by atoms with E-state index >= 15 is 0 Å². The van der Waals surface area contributed by atoms with Crippen molar-refractivity contribution in [3.8, 4) is 0 Å². The monoisotopic (exact) mass is 208 g/mol. The number of nitrogens with one attached hydrogen (secondary N) is 1. The largest absolute Gasteiger partial charge is 0.375 e. The molecule has 0 amide bonds.